The fourth-order valence-electron chi connectivity index (χ4n) is 1.82. The molecule has 0 bridgehead atoms. The van der Waals surface area contributed by atoms with E-state index in [-0.39, 0.29) is 5.97 Å². The predicted octanol–water partition coefficient (Wildman–Crippen LogP) is 3.72. The average molecular weight is 367 g/mol. The number of carbonyl (C=O) groups is 1. The molecule has 0 aliphatic carbocycles. The molecule has 98 valence electrons. The van der Waals surface area contributed by atoms with Crippen LogP contribution in [0.2, 0.25) is 0 Å². The molecule has 19 heavy (non-hydrogen) atoms. The molecule has 0 aliphatic rings. The molecule has 0 radical (unpaired) electrons. The number of rotatable bonds is 3. The van der Waals surface area contributed by atoms with Crippen molar-refractivity contribution in [3.63, 3.8) is 0 Å². The molecule has 0 unspecified atom stereocenters. The van der Waals surface area contributed by atoms with Crippen LogP contribution in [0.25, 0.3) is 17.0 Å². The van der Waals surface area contributed by atoms with Gasteiger partial charge in [0.25, 0.3) is 0 Å². The molecule has 0 saturated carbocycles. The highest BCUT2D eigenvalue weighted by molar-refractivity contribution is 14.1. The number of hydrogen-bond acceptors (Lipinski definition) is 3. The molecule has 3 nitrogen and oxygen atoms in total. The van der Waals surface area contributed by atoms with E-state index >= 15 is 0 Å². The third-order valence-electron chi connectivity index (χ3n) is 2.67. The van der Waals surface area contributed by atoms with Crippen LogP contribution in [0.5, 0.6) is 0 Å². The molecule has 0 fully saturated rings. The van der Waals surface area contributed by atoms with Gasteiger partial charge >= 0.3 is 5.97 Å². The van der Waals surface area contributed by atoms with Gasteiger partial charge in [-0.05, 0) is 72.3 Å². The Morgan fingerprint density at radius 1 is 1.42 bits per heavy atom. The zero-order valence-corrected chi connectivity index (χ0v) is 13.0. The molecule has 0 atom stereocenters. The minimum Gasteiger partial charge on any atom is -0.463 e. The van der Waals surface area contributed by atoms with Crippen LogP contribution in [0.15, 0.2) is 30.3 Å². The van der Waals surface area contributed by atoms with Gasteiger partial charge in [0.1, 0.15) is 0 Å². The Morgan fingerprint density at radius 2 is 2.21 bits per heavy atom. The van der Waals surface area contributed by atoms with Crippen molar-refractivity contribution in [1.29, 1.82) is 0 Å². The van der Waals surface area contributed by atoms with Gasteiger partial charge in [-0.3, -0.25) is 0 Å². The van der Waals surface area contributed by atoms with E-state index in [2.05, 4.69) is 33.6 Å². The van der Waals surface area contributed by atoms with Crippen LogP contribution in [0.1, 0.15) is 18.2 Å². The van der Waals surface area contributed by atoms with Crippen molar-refractivity contribution >= 4 is 45.5 Å². The van der Waals surface area contributed by atoms with Crippen LogP contribution < -0.4 is 0 Å². The lowest BCUT2D eigenvalue weighted by Crippen LogP contribution is -1.99. The second-order valence-electron chi connectivity index (χ2n) is 4.11. The van der Waals surface area contributed by atoms with E-state index in [0.29, 0.717) is 6.61 Å². The maximum absolute atomic E-state index is 11.3. The molecule has 0 N–H and O–H groups in total. The summed E-state index contributed by atoms with van der Waals surface area (Å²) < 4.78 is 6.03. The second kappa shape index (κ2) is 6.14. The summed E-state index contributed by atoms with van der Waals surface area (Å²) in [4.78, 5) is 15.8. The number of carbonyl (C=O) groups excluding carboxylic acids is 1. The quantitative estimate of drug-likeness (QED) is 0.472. The van der Waals surface area contributed by atoms with Gasteiger partial charge in [0.2, 0.25) is 0 Å². The molecule has 0 saturated heterocycles. The van der Waals surface area contributed by atoms with Gasteiger partial charge in [0.15, 0.2) is 0 Å². The minimum atomic E-state index is -0.343. The monoisotopic (exact) mass is 367 g/mol. The second-order valence-corrected chi connectivity index (χ2v) is 5.36. The van der Waals surface area contributed by atoms with Crippen LogP contribution in [-0.4, -0.2) is 17.6 Å². The van der Waals surface area contributed by atoms with Gasteiger partial charge in [0, 0.05) is 15.0 Å². The normalized spacial score (nSPS) is 11.1. The largest absolute Gasteiger partial charge is 0.463 e. The highest BCUT2D eigenvalue weighted by Gasteiger charge is 2.02. The number of benzene rings is 1. The highest BCUT2D eigenvalue weighted by atomic mass is 127. The summed E-state index contributed by atoms with van der Waals surface area (Å²) in [5.41, 5.74) is 2.84. The molecule has 2 aromatic rings. The van der Waals surface area contributed by atoms with Gasteiger partial charge in [-0.1, -0.05) is 0 Å². The fraction of sp³-hybridized carbons (Fsp3) is 0.200. The summed E-state index contributed by atoms with van der Waals surface area (Å²) in [5.74, 6) is -0.343. The van der Waals surface area contributed by atoms with Crippen LogP contribution in [0, 0.1) is 10.5 Å². The van der Waals surface area contributed by atoms with Crippen molar-refractivity contribution < 1.29 is 9.53 Å². The third-order valence-corrected chi connectivity index (χ3v) is 3.35. The average Bonchev–Trinajstić information content (AvgIpc) is 2.38. The number of aryl methyl sites for hydroxylation is 1. The first-order valence-electron chi connectivity index (χ1n) is 6.02. The number of esters is 1. The van der Waals surface area contributed by atoms with Crippen LogP contribution in [-0.2, 0) is 9.53 Å². The molecule has 2 rings (SSSR count). The Hall–Kier alpha value is -1.43. The van der Waals surface area contributed by atoms with Crippen molar-refractivity contribution in [3.8, 4) is 0 Å². The molecular weight excluding hydrogens is 353 g/mol. The van der Waals surface area contributed by atoms with E-state index in [9.17, 15) is 4.79 Å². The van der Waals surface area contributed by atoms with Crippen molar-refractivity contribution in [2.75, 3.05) is 6.61 Å². The number of pyridine rings is 1. The van der Waals surface area contributed by atoms with Crippen molar-refractivity contribution in [3.05, 3.63) is 45.2 Å². The summed E-state index contributed by atoms with van der Waals surface area (Å²) in [6, 6.07) is 8.09. The number of hydrogen-bond donors (Lipinski definition) is 0. The maximum Gasteiger partial charge on any atom is 0.330 e. The Balaban J connectivity index is 2.36. The zero-order chi connectivity index (χ0) is 13.8. The third kappa shape index (κ3) is 3.53. The van der Waals surface area contributed by atoms with E-state index in [1.807, 2.05) is 25.1 Å². The van der Waals surface area contributed by atoms with Crippen molar-refractivity contribution in [1.82, 2.24) is 4.98 Å². The molecule has 0 spiro atoms. The highest BCUT2D eigenvalue weighted by Crippen LogP contribution is 2.20. The zero-order valence-electron chi connectivity index (χ0n) is 10.8. The standard InChI is InChI=1S/C15H14INO2/c1-3-19-15(18)7-5-12-8-10(2)13-9-11(16)4-6-14(13)17-12/h4-9H,3H2,1-2H3/b7-5+. The van der Waals surface area contributed by atoms with Gasteiger partial charge in [0.05, 0.1) is 17.8 Å². The van der Waals surface area contributed by atoms with Crippen molar-refractivity contribution in [2.45, 2.75) is 13.8 Å². The minimum absolute atomic E-state index is 0.343. The number of halogens is 1. The lowest BCUT2D eigenvalue weighted by atomic mass is 10.1. The summed E-state index contributed by atoms with van der Waals surface area (Å²) in [7, 11) is 0. The summed E-state index contributed by atoms with van der Waals surface area (Å²) in [5, 5.41) is 1.14. The van der Waals surface area contributed by atoms with Crippen LogP contribution in [0.3, 0.4) is 0 Å². The van der Waals surface area contributed by atoms with E-state index in [4.69, 9.17) is 4.74 Å². The van der Waals surface area contributed by atoms with Crippen LogP contribution in [0.4, 0.5) is 0 Å². The molecule has 0 amide bonds. The number of ether oxygens (including phenoxy) is 1. The van der Waals surface area contributed by atoms with E-state index < -0.39 is 0 Å². The lowest BCUT2D eigenvalue weighted by molar-refractivity contribution is -0.137. The fourth-order valence-corrected chi connectivity index (χ4v) is 2.31. The topological polar surface area (TPSA) is 39.2 Å². The number of nitrogens with zero attached hydrogens (tertiary/aromatic N) is 1. The molecule has 0 aliphatic heterocycles. The molecule has 1 aromatic heterocycles. The van der Waals surface area contributed by atoms with Gasteiger partial charge in [-0.15, -0.1) is 0 Å². The number of fused-ring (bicyclic) bond motifs is 1. The predicted molar refractivity (Wildman–Crippen MR) is 84.9 cm³/mol. The van der Waals surface area contributed by atoms with Crippen molar-refractivity contribution in [2.24, 2.45) is 0 Å². The Bertz CT molecular complexity index is 650. The molecule has 1 heterocycles. The van der Waals surface area contributed by atoms with Crippen LogP contribution >= 0.6 is 22.6 Å². The summed E-state index contributed by atoms with van der Waals surface area (Å²) in [6.07, 6.45) is 3.09. The SMILES string of the molecule is CCOC(=O)/C=C/c1cc(C)c2cc(I)ccc2n1. The maximum atomic E-state index is 11.3. The summed E-state index contributed by atoms with van der Waals surface area (Å²) in [6.45, 7) is 4.21. The first-order valence-corrected chi connectivity index (χ1v) is 7.10. The Morgan fingerprint density at radius 3 is 2.95 bits per heavy atom. The van der Waals surface area contributed by atoms with E-state index in [1.54, 1.807) is 13.0 Å². The van der Waals surface area contributed by atoms with Gasteiger partial charge in [-0.2, -0.15) is 0 Å². The first-order chi connectivity index (χ1) is 9.10. The number of aromatic nitrogens is 1. The van der Waals surface area contributed by atoms with Gasteiger partial charge in [-0.25, -0.2) is 9.78 Å². The molecule has 4 heteroatoms. The lowest BCUT2D eigenvalue weighted by Gasteiger charge is -2.04. The Kier molecular flexibility index (Phi) is 4.52. The molecular formula is C15H14INO2. The van der Waals surface area contributed by atoms with Gasteiger partial charge < -0.3 is 4.74 Å². The Labute approximate surface area is 125 Å². The first kappa shape index (κ1) is 14.0. The smallest absolute Gasteiger partial charge is 0.330 e. The summed E-state index contributed by atoms with van der Waals surface area (Å²) >= 11 is 2.28. The van der Waals surface area contributed by atoms with E-state index in [1.165, 1.54) is 9.65 Å². The molecule has 1 aromatic carbocycles. The van der Waals surface area contributed by atoms with E-state index in [0.717, 1.165) is 22.2 Å².